The minimum Gasteiger partial charge on any atom is -0.481 e. The standard InChI is InChI=1S/C15H26O4/c1-3-11(2)19-15(18)13(14(16)17)10-6-9-12-7-4-5-8-12/h11-13H,3-10H2,1-2H3,(H,16,17). The molecule has 2 unspecified atom stereocenters. The summed E-state index contributed by atoms with van der Waals surface area (Å²) in [5, 5.41) is 9.12. The summed E-state index contributed by atoms with van der Waals surface area (Å²) in [6.45, 7) is 3.70. The zero-order valence-electron chi connectivity index (χ0n) is 12.1. The molecule has 2 atom stereocenters. The number of rotatable bonds is 8. The van der Waals surface area contributed by atoms with Gasteiger partial charge in [0.15, 0.2) is 5.92 Å². The van der Waals surface area contributed by atoms with Crippen molar-refractivity contribution in [1.29, 1.82) is 0 Å². The Morgan fingerprint density at radius 2 is 1.95 bits per heavy atom. The van der Waals surface area contributed by atoms with Gasteiger partial charge in [0.1, 0.15) is 0 Å². The number of ether oxygens (including phenoxy) is 1. The van der Waals surface area contributed by atoms with Crippen molar-refractivity contribution in [3.8, 4) is 0 Å². The monoisotopic (exact) mass is 270 g/mol. The van der Waals surface area contributed by atoms with Crippen LogP contribution in [0.15, 0.2) is 0 Å². The third-order valence-corrected chi connectivity index (χ3v) is 4.05. The summed E-state index contributed by atoms with van der Waals surface area (Å²) in [5.41, 5.74) is 0. The Balaban J connectivity index is 2.34. The van der Waals surface area contributed by atoms with Gasteiger partial charge in [0.05, 0.1) is 6.10 Å². The largest absolute Gasteiger partial charge is 0.481 e. The van der Waals surface area contributed by atoms with Crippen molar-refractivity contribution in [3.05, 3.63) is 0 Å². The molecule has 1 saturated carbocycles. The van der Waals surface area contributed by atoms with Gasteiger partial charge in [0, 0.05) is 0 Å². The van der Waals surface area contributed by atoms with E-state index in [1.54, 1.807) is 6.92 Å². The molecule has 19 heavy (non-hydrogen) atoms. The lowest BCUT2D eigenvalue weighted by molar-refractivity contribution is -0.162. The Kier molecular flexibility index (Phi) is 6.89. The predicted molar refractivity (Wildman–Crippen MR) is 72.8 cm³/mol. The summed E-state index contributed by atoms with van der Waals surface area (Å²) in [5.74, 6) is -1.89. The first-order chi connectivity index (χ1) is 9.04. The second-order valence-electron chi connectivity index (χ2n) is 5.63. The predicted octanol–water partition coefficient (Wildman–Crippen LogP) is 3.39. The van der Waals surface area contributed by atoms with Crippen LogP contribution in [0.1, 0.15) is 65.2 Å². The SMILES string of the molecule is CCC(C)OC(=O)C(CCCC1CCCC1)C(=O)O. The van der Waals surface area contributed by atoms with Gasteiger partial charge in [-0.15, -0.1) is 0 Å². The maximum Gasteiger partial charge on any atom is 0.320 e. The Hall–Kier alpha value is -1.06. The maximum absolute atomic E-state index is 11.8. The first-order valence-corrected chi connectivity index (χ1v) is 7.47. The molecule has 0 amide bonds. The normalized spacial score (nSPS) is 19.1. The molecule has 1 aliphatic rings. The van der Waals surface area contributed by atoms with Crippen LogP contribution in [0.4, 0.5) is 0 Å². The van der Waals surface area contributed by atoms with Crippen LogP contribution in [-0.4, -0.2) is 23.1 Å². The number of carbonyl (C=O) groups excluding carboxylic acids is 1. The Morgan fingerprint density at radius 1 is 1.32 bits per heavy atom. The van der Waals surface area contributed by atoms with Crippen LogP contribution in [0.25, 0.3) is 0 Å². The second-order valence-corrected chi connectivity index (χ2v) is 5.63. The summed E-state index contributed by atoms with van der Waals surface area (Å²) in [7, 11) is 0. The van der Waals surface area contributed by atoms with Crippen molar-refractivity contribution in [3.63, 3.8) is 0 Å². The van der Waals surface area contributed by atoms with Crippen molar-refractivity contribution in [1.82, 2.24) is 0 Å². The molecular formula is C15H26O4. The van der Waals surface area contributed by atoms with E-state index in [1.165, 1.54) is 25.7 Å². The van der Waals surface area contributed by atoms with Crippen molar-refractivity contribution in [2.24, 2.45) is 11.8 Å². The molecule has 0 heterocycles. The lowest BCUT2D eigenvalue weighted by atomic mass is 9.95. The summed E-state index contributed by atoms with van der Waals surface area (Å²) < 4.78 is 5.13. The molecule has 0 aromatic rings. The van der Waals surface area contributed by atoms with Crippen LogP contribution in [0.2, 0.25) is 0 Å². The number of carboxylic acid groups (broad SMARTS) is 1. The molecule has 0 saturated heterocycles. The van der Waals surface area contributed by atoms with Gasteiger partial charge in [-0.3, -0.25) is 9.59 Å². The second kappa shape index (κ2) is 8.18. The highest BCUT2D eigenvalue weighted by molar-refractivity contribution is 5.93. The third-order valence-electron chi connectivity index (χ3n) is 4.05. The van der Waals surface area contributed by atoms with E-state index in [2.05, 4.69) is 0 Å². The summed E-state index contributed by atoms with van der Waals surface area (Å²) in [4.78, 5) is 22.9. The van der Waals surface area contributed by atoms with Crippen molar-refractivity contribution in [2.45, 2.75) is 71.3 Å². The lowest BCUT2D eigenvalue weighted by Gasteiger charge is -2.16. The summed E-state index contributed by atoms with van der Waals surface area (Å²) in [6, 6.07) is 0. The van der Waals surface area contributed by atoms with E-state index in [0.29, 0.717) is 12.8 Å². The Morgan fingerprint density at radius 3 is 2.47 bits per heavy atom. The lowest BCUT2D eigenvalue weighted by Crippen LogP contribution is -2.28. The molecule has 0 aromatic carbocycles. The minimum absolute atomic E-state index is 0.204. The fourth-order valence-corrected chi connectivity index (χ4v) is 2.62. The van der Waals surface area contributed by atoms with E-state index >= 15 is 0 Å². The molecule has 4 heteroatoms. The van der Waals surface area contributed by atoms with E-state index < -0.39 is 17.9 Å². The highest BCUT2D eigenvalue weighted by Gasteiger charge is 2.28. The number of hydrogen-bond donors (Lipinski definition) is 1. The van der Waals surface area contributed by atoms with E-state index in [1.807, 2.05) is 6.92 Å². The van der Waals surface area contributed by atoms with Gasteiger partial charge in [-0.1, -0.05) is 45.4 Å². The number of carbonyl (C=O) groups is 2. The third kappa shape index (κ3) is 5.62. The molecule has 0 radical (unpaired) electrons. The molecule has 0 aromatic heterocycles. The van der Waals surface area contributed by atoms with Crippen LogP contribution in [-0.2, 0) is 14.3 Å². The van der Waals surface area contributed by atoms with E-state index in [-0.39, 0.29) is 6.10 Å². The molecule has 0 bridgehead atoms. The van der Waals surface area contributed by atoms with Crippen LogP contribution < -0.4 is 0 Å². The highest BCUT2D eigenvalue weighted by atomic mass is 16.5. The average molecular weight is 270 g/mol. The number of esters is 1. The number of hydrogen-bond acceptors (Lipinski definition) is 3. The first-order valence-electron chi connectivity index (χ1n) is 7.47. The molecule has 0 spiro atoms. The molecular weight excluding hydrogens is 244 g/mol. The Bertz CT molecular complexity index is 295. The van der Waals surface area contributed by atoms with Gasteiger partial charge in [-0.2, -0.15) is 0 Å². The van der Waals surface area contributed by atoms with E-state index in [4.69, 9.17) is 9.84 Å². The van der Waals surface area contributed by atoms with Crippen LogP contribution >= 0.6 is 0 Å². The van der Waals surface area contributed by atoms with Gasteiger partial charge < -0.3 is 9.84 Å². The van der Waals surface area contributed by atoms with Crippen LogP contribution in [0.3, 0.4) is 0 Å². The summed E-state index contributed by atoms with van der Waals surface area (Å²) in [6.07, 6.45) is 7.86. The molecule has 1 aliphatic carbocycles. The topological polar surface area (TPSA) is 63.6 Å². The molecule has 1 N–H and O–H groups in total. The summed E-state index contributed by atoms with van der Waals surface area (Å²) >= 11 is 0. The molecule has 4 nitrogen and oxygen atoms in total. The van der Waals surface area contributed by atoms with Gasteiger partial charge in [-0.05, 0) is 25.7 Å². The van der Waals surface area contributed by atoms with Crippen molar-refractivity contribution >= 4 is 11.9 Å². The Labute approximate surface area is 115 Å². The fraction of sp³-hybridized carbons (Fsp3) is 0.867. The van der Waals surface area contributed by atoms with Gasteiger partial charge in [0.2, 0.25) is 0 Å². The molecule has 1 rings (SSSR count). The maximum atomic E-state index is 11.8. The zero-order chi connectivity index (χ0) is 14.3. The van der Waals surface area contributed by atoms with Crippen LogP contribution in [0.5, 0.6) is 0 Å². The minimum atomic E-state index is -1.06. The molecule has 110 valence electrons. The van der Waals surface area contributed by atoms with Gasteiger partial charge in [-0.25, -0.2) is 0 Å². The van der Waals surface area contributed by atoms with Crippen molar-refractivity contribution in [2.75, 3.05) is 0 Å². The first kappa shape index (κ1) is 16.0. The molecule has 0 aliphatic heterocycles. The van der Waals surface area contributed by atoms with Crippen LogP contribution in [0, 0.1) is 11.8 Å². The highest BCUT2D eigenvalue weighted by Crippen LogP contribution is 2.29. The number of aliphatic carboxylic acids is 1. The number of carboxylic acids is 1. The molecule has 1 fully saturated rings. The van der Waals surface area contributed by atoms with Crippen molar-refractivity contribution < 1.29 is 19.4 Å². The average Bonchev–Trinajstić information content (AvgIpc) is 2.86. The van der Waals surface area contributed by atoms with Gasteiger partial charge >= 0.3 is 11.9 Å². The van der Waals surface area contributed by atoms with E-state index in [9.17, 15) is 9.59 Å². The fourth-order valence-electron chi connectivity index (χ4n) is 2.62. The smallest absolute Gasteiger partial charge is 0.320 e. The quantitative estimate of drug-likeness (QED) is 0.542. The van der Waals surface area contributed by atoms with Gasteiger partial charge in [0.25, 0.3) is 0 Å². The van der Waals surface area contributed by atoms with E-state index in [0.717, 1.165) is 18.8 Å². The zero-order valence-corrected chi connectivity index (χ0v) is 12.1.